The molecule has 4 heteroatoms. The SMILES string of the molecule is CN(CC1CCCCC1)C(=O)c1cccnc1N. The Morgan fingerprint density at radius 2 is 2.17 bits per heavy atom. The van der Waals surface area contributed by atoms with Crippen molar-refractivity contribution in [1.82, 2.24) is 9.88 Å². The smallest absolute Gasteiger partial charge is 0.257 e. The van der Waals surface area contributed by atoms with Gasteiger partial charge < -0.3 is 10.6 Å². The minimum absolute atomic E-state index is 0.0221. The second-order valence-corrected chi connectivity index (χ2v) is 5.13. The topological polar surface area (TPSA) is 59.2 Å². The van der Waals surface area contributed by atoms with Gasteiger partial charge in [0.1, 0.15) is 5.82 Å². The molecule has 1 aromatic heterocycles. The van der Waals surface area contributed by atoms with Crippen LogP contribution >= 0.6 is 0 Å². The normalized spacial score (nSPS) is 16.5. The van der Waals surface area contributed by atoms with Gasteiger partial charge in [-0.05, 0) is 30.9 Å². The summed E-state index contributed by atoms with van der Waals surface area (Å²) in [6.45, 7) is 0.827. The number of amides is 1. The quantitative estimate of drug-likeness (QED) is 0.891. The average Bonchev–Trinajstić information content (AvgIpc) is 2.39. The Balaban J connectivity index is 1.98. The molecular formula is C14H21N3O. The Labute approximate surface area is 108 Å². The maximum atomic E-state index is 12.2. The number of carbonyl (C=O) groups is 1. The standard InChI is InChI=1S/C14H21N3O/c1-17(10-11-6-3-2-4-7-11)14(18)12-8-5-9-16-13(12)15/h5,8-9,11H,2-4,6-7,10H2,1H3,(H2,15,16). The van der Waals surface area contributed by atoms with E-state index < -0.39 is 0 Å². The molecule has 1 aliphatic rings. The summed E-state index contributed by atoms with van der Waals surface area (Å²) in [5.74, 6) is 0.940. The highest BCUT2D eigenvalue weighted by Gasteiger charge is 2.20. The second kappa shape index (κ2) is 5.85. The molecule has 0 aromatic carbocycles. The molecule has 2 N–H and O–H groups in total. The maximum Gasteiger partial charge on any atom is 0.257 e. The molecule has 1 aliphatic carbocycles. The van der Waals surface area contributed by atoms with Crippen LogP contribution in [-0.2, 0) is 0 Å². The van der Waals surface area contributed by atoms with E-state index in [1.54, 1.807) is 23.2 Å². The number of hydrogen-bond acceptors (Lipinski definition) is 3. The first kappa shape index (κ1) is 12.9. The second-order valence-electron chi connectivity index (χ2n) is 5.13. The molecule has 2 rings (SSSR count). The molecule has 0 unspecified atom stereocenters. The van der Waals surface area contributed by atoms with Crippen LogP contribution in [0.3, 0.4) is 0 Å². The molecule has 1 aromatic rings. The van der Waals surface area contributed by atoms with Gasteiger partial charge in [-0.1, -0.05) is 19.3 Å². The van der Waals surface area contributed by atoms with E-state index in [9.17, 15) is 4.79 Å². The first-order valence-corrected chi connectivity index (χ1v) is 6.64. The Hall–Kier alpha value is -1.58. The molecule has 4 nitrogen and oxygen atoms in total. The zero-order valence-corrected chi connectivity index (χ0v) is 10.9. The summed E-state index contributed by atoms with van der Waals surface area (Å²) >= 11 is 0. The summed E-state index contributed by atoms with van der Waals surface area (Å²) in [5.41, 5.74) is 6.24. The molecule has 1 amide bonds. The number of nitrogens with two attached hydrogens (primary N) is 1. The largest absolute Gasteiger partial charge is 0.383 e. The van der Waals surface area contributed by atoms with Crippen molar-refractivity contribution in [2.24, 2.45) is 5.92 Å². The first-order valence-electron chi connectivity index (χ1n) is 6.64. The third-order valence-electron chi connectivity index (χ3n) is 3.67. The summed E-state index contributed by atoms with van der Waals surface area (Å²) in [5, 5.41) is 0. The van der Waals surface area contributed by atoms with E-state index >= 15 is 0 Å². The summed E-state index contributed by atoms with van der Waals surface area (Å²) in [6.07, 6.45) is 8.00. The third-order valence-corrected chi connectivity index (χ3v) is 3.67. The molecule has 18 heavy (non-hydrogen) atoms. The Kier molecular flexibility index (Phi) is 4.18. The number of pyridine rings is 1. The Morgan fingerprint density at radius 1 is 1.44 bits per heavy atom. The lowest BCUT2D eigenvalue weighted by Crippen LogP contribution is -2.33. The van der Waals surface area contributed by atoms with Gasteiger partial charge in [-0.2, -0.15) is 0 Å². The zero-order chi connectivity index (χ0) is 13.0. The number of nitrogens with zero attached hydrogens (tertiary/aromatic N) is 2. The number of nitrogen functional groups attached to an aromatic ring is 1. The fourth-order valence-corrected chi connectivity index (χ4v) is 2.64. The highest BCUT2D eigenvalue weighted by atomic mass is 16.2. The van der Waals surface area contributed by atoms with Gasteiger partial charge in [-0.3, -0.25) is 4.79 Å². The highest BCUT2D eigenvalue weighted by Crippen LogP contribution is 2.24. The van der Waals surface area contributed by atoms with Crippen LogP contribution in [0.1, 0.15) is 42.5 Å². The number of carbonyl (C=O) groups excluding carboxylic acids is 1. The fraction of sp³-hybridized carbons (Fsp3) is 0.571. The molecule has 1 heterocycles. The van der Waals surface area contributed by atoms with Crippen LogP contribution in [0.25, 0.3) is 0 Å². The van der Waals surface area contributed by atoms with Gasteiger partial charge in [0.2, 0.25) is 0 Å². The summed E-state index contributed by atoms with van der Waals surface area (Å²) in [4.78, 5) is 18.0. The molecule has 1 fully saturated rings. The molecule has 0 radical (unpaired) electrons. The van der Waals surface area contributed by atoms with Crippen molar-refractivity contribution in [2.45, 2.75) is 32.1 Å². The van der Waals surface area contributed by atoms with Gasteiger partial charge in [0.25, 0.3) is 5.91 Å². The van der Waals surface area contributed by atoms with E-state index in [4.69, 9.17) is 5.73 Å². The van der Waals surface area contributed by atoms with E-state index in [0.717, 1.165) is 6.54 Å². The Morgan fingerprint density at radius 3 is 2.83 bits per heavy atom. The zero-order valence-electron chi connectivity index (χ0n) is 10.9. The lowest BCUT2D eigenvalue weighted by Gasteiger charge is -2.27. The van der Waals surface area contributed by atoms with E-state index in [-0.39, 0.29) is 5.91 Å². The van der Waals surface area contributed by atoms with E-state index in [1.807, 2.05) is 7.05 Å². The van der Waals surface area contributed by atoms with Crippen molar-refractivity contribution < 1.29 is 4.79 Å². The third kappa shape index (κ3) is 3.00. The molecule has 0 bridgehead atoms. The van der Waals surface area contributed by atoms with Gasteiger partial charge in [0.05, 0.1) is 5.56 Å². The summed E-state index contributed by atoms with van der Waals surface area (Å²) < 4.78 is 0. The summed E-state index contributed by atoms with van der Waals surface area (Å²) in [7, 11) is 1.85. The van der Waals surface area contributed by atoms with Crippen molar-refractivity contribution in [3.8, 4) is 0 Å². The monoisotopic (exact) mass is 247 g/mol. The van der Waals surface area contributed by atoms with Crippen LogP contribution in [-0.4, -0.2) is 29.4 Å². The fourth-order valence-electron chi connectivity index (χ4n) is 2.64. The molecule has 0 atom stereocenters. The van der Waals surface area contributed by atoms with Crippen LogP contribution in [0, 0.1) is 5.92 Å². The first-order chi connectivity index (χ1) is 8.68. The molecule has 1 saturated carbocycles. The maximum absolute atomic E-state index is 12.2. The number of rotatable bonds is 3. The van der Waals surface area contributed by atoms with E-state index in [2.05, 4.69) is 4.98 Å². The van der Waals surface area contributed by atoms with E-state index in [1.165, 1.54) is 32.1 Å². The van der Waals surface area contributed by atoms with Crippen LogP contribution in [0.5, 0.6) is 0 Å². The predicted molar refractivity (Wildman–Crippen MR) is 72.2 cm³/mol. The molecule has 0 spiro atoms. The Bertz CT molecular complexity index is 413. The minimum Gasteiger partial charge on any atom is -0.383 e. The van der Waals surface area contributed by atoms with E-state index in [0.29, 0.717) is 17.3 Å². The van der Waals surface area contributed by atoms with Crippen molar-refractivity contribution >= 4 is 11.7 Å². The number of hydrogen-bond donors (Lipinski definition) is 1. The number of aromatic nitrogens is 1. The molecule has 0 aliphatic heterocycles. The molecular weight excluding hydrogens is 226 g/mol. The molecule has 0 saturated heterocycles. The minimum atomic E-state index is -0.0221. The van der Waals surface area contributed by atoms with Gasteiger partial charge in [-0.25, -0.2) is 4.98 Å². The van der Waals surface area contributed by atoms with Crippen LogP contribution in [0.15, 0.2) is 18.3 Å². The van der Waals surface area contributed by atoms with Gasteiger partial charge in [-0.15, -0.1) is 0 Å². The van der Waals surface area contributed by atoms with Gasteiger partial charge >= 0.3 is 0 Å². The average molecular weight is 247 g/mol. The van der Waals surface area contributed by atoms with Crippen LogP contribution in [0.4, 0.5) is 5.82 Å². The summed E-state index contributed by atoms with van der Waals surface area (Å²) in [6, 6.07) is 3.49. The lowest BCUT2D eigenvalue weighted by atomic mass is 9.89. The number of anilines is 1. The lowest BCUT2D eigenvalue weighted by molar-refractivity contribution is 0.0761. The van der Waals surface area contributed by atoms with Crippen molar-refractivity contribution in [3.63, 3.8) is 0 Å². The molecule has 98 valence electrons. The van der Waals surface area contributed by atoms with Crippen molar-refractivity contribution in [2.75, 3.05) is 19.3 Å². The van der Waals surface area contributed by atoms with Crippen LogP contribution < -0.4 is 5.73 Å². The predicted octanol–water partition coefficient (Wildman–Crippen LogP) is 2.32. The van der Waals surface area contributed by atoms with Gasteiger partial charge in [0, 0.05) is 19.8 Å². The highest BCUT2D eigenvalue weighted by molar-refractivity contribution is 5.98. The van der Waals surface area contributed by atoms with Crippen LogP contribution in [0.2, 0.25) is 0 Å². The van der Waals surface area contributed by atoms with Crippen molar-refractivity contribution in [1.29, 1.82) is 0 Å². The van der Waals surface area contributed by atoms with Crippen molar-refractivity contribution in [3.05, 3.63) is 23.9 Å². The van der Waals surface area contributed by atoms with Gasteiger partial charge in [0.15, 0.2) is 0 Å².